The van der Waals surface area contributed by atoms with E-state index in [0.29, 0.717) is 11.5 Å². The van der Waals surface area contributed by atoms with Crippen molar-refractivity contribution in [3.05, 3.63) is 262 Å². The molecule has 95 heavy (non-hydrogen) atoms. The second-order valence-electron chi connectivity index (χ2n) is 25.2. The van der Waals surface area contributed by atoms with E-state index in [1.165, 1.54) is 13.1 Å². The number of carbonyl (C=O) groups excluding carboxylic acids is 3. The molecule has 21 heteroatoms. The molecule has 19 nitrogen and oxygen atoms in total. The molecular formula is C74H84N5O14PS. The molecule has 500 valence electrons. The first-order chi connectivity index (χ1) is 45.4. The van der Waals surface area contributed by atoms with Crippen LogP contribution in [0.1, 0.15) is 101 Å². The molecule has 8 aromatic rings. The number of thioether (sulfide) groups is 1. The number of alkyl carbamates (subject to hydrolysis) is 1. The molecule has 1 saturated heterocycles. The predicted octanol–water partition coefficient (Wildman–Crippen LogP) is 13.0. The van der Waals surface area contributed by atoms with Crippen molar-refractivity contribution >= 4 is 42.5 Å². The summed E-state index contributed by atoms with van der Waals surface area (Å²) in [6.07, 6.45) is -4.28. The van der Waals surface area contributed by atoms with Crippen LogP contribution in [-0.2, 0) is 59.8 Å². The van der Waals surface area contributed by atoms with Gasteiger partial charge in [-0.15, -0.1) is 0 Å². The zero-order valence-electron chi connectivity index (χ0n) is 55.1. The van der Waals surface area contributed by atoms with E-state index in [0.717, 1.165) is 55.3 Å². The maximum absolute atomic E-state index is 15.2. The molecular weight excluding hydrogens is 1250 g/mol. The van der Waals surface area contributed by atoms with Gasteiger partial charge < -0.3 is 44.2 Å². The van der Waals surface area contributed by atoms with E-state index in [-0.39, 0.29) is 36.4 Å². The largest absolute Gasteiger partial charge is 0.497 e. The third-order valence-corrected chi connectivity index (χ3v) is 19.0. The minimum absolute atomic E-state index is 0.00116. The van der Waals surface area contributed by atoms with E-state index in [1.807, 2.05) is 214 Å². The molecule has 1 aliphatic rings. The van der Waals surface area contributed by atoms with E-state index in [2.05, 4.69) is 20.7 Å². The highest BCUT2D eigenvalue weighted by molar-refractivity contribution is 8.13. The number of esters is 1. The van der Waals surface area contributed by atoms with Gasteiger partial charge in [0.15, 0.2) is 17.4 Å². The Bertz CT molecular complexity index is 3770. The van der Waals surface area contributed by atoms with Crippen molar-refractivity contribution in [1.82, 2.24) is 20.0 Å². The maximum Gasteiger partial charge on any atom is 0.408 e. The molecule has 2 heterocycles. The molecule has 1 fully saturated rings. The fraction of sp³-hybridized carbons (Fsp3) is 0.338. The minimum atomic E-state index is -4.44. The predicted molar refractivity (Wildman–Crippen MR) is 366 cm³/mol. The summed E-state index contributed by atoms with van der Waals surface area (Å²) in [5.41, 5.74) is -1.67. The van der Waals surface area contributed by atoms with Gasteiger partial charge in [-0.25, -0.2) is 24.0 Å². The first-order valence-corrected chi connectivity index (χ1v) is 33.9. The average molecular weight is 1330 g/mol. The average Bonchev–Trinajstić information content (AvgIpc) is 1.60. The maximum atomic E-state index is 15.2. The summed E-state index contributed by atoms with van der Waals surface area (Å²) in [4.78, 5) is 61.4. The molecule has 6 atom stereocenters. The zero-order valence-corrected chi connectivity index (χ0v) is 56.8. The van der Waals surface area contributed by atoms with Gasteiger partial charge in [-0.2, -0.15) is 4.98 Å². The first-order valence-electron chi connectivity index (χ1n) is 31.4. The SMILES string of the molecule is COc1ccc(C(Nc2ccn(C3O[C@H](COP(=O)(NCc4ccccc4)OCCSC(=O)C(C)(C)COC(c4ccccc4)(c4ccccc4)c4ccccc4)[C@@H](OC(=O)C(NC(=O)OC(C)(C)C)C(C)C)[C@@]3(C)O)c(=O)n2)(c2ccccc2)c2ccc(OC)cc2)cc1. The minimum Gasteiger partial charge on any atom is -0.497 e. The van der Waals surface area contributed by atoms with Crippen LogP contribution < -0.4 is 30.9 Å². The third kappa shape index (κ3) is 17.0. The van der Waals surface area contributed by atoms with E-state index < -0.39 is 90.3 Å². The Morgan fingerprint density at radius 3 is 1.64 bits per heavy atom. The molecule has 1 aromatic heterocycles. The smallest absolute Gasteiger partial charge is 0.408 e. The van der Waals surface area contributed by atoms with E-state index in [9.17, 15) is 24.3 Å². The number of amides is 1. The van der Waals surface area contributed by atoms with Crippen LogP contribution in [0.3, 0.4) is 0 Å². The van der Waals surface area contributed by atoms with Gasteiger partial charge in [0.25, 0.3) is 0 Å². The molecule has 9 rings (SSSR count). The molecule has 0 bridgehead atoms. The van der Waals surface area contributed by atoms with Crippen LogP contribution in [0.5, 0.6) is 11.5 Å². The molecule has 3 unspecified atom stereocenters. The van der Waals surface area contributed by atoms with Crippen LogP contribution in [0.2, 0.25) is 0 Å². The Labute approximate surface area is 559 Å². The molecule has 7 aromatic carbocycles. The second-order valence-corrected chi connectivity index (χ2v) is 28.1. The number of nitrogens with one attached hydrogen (secondary N) is 3. The van der Waals surface area contributed by atoms with Crippen molar-refractivity contribution in [1.29, 1.82) is 0 Å². The van der Waals surface area contributed by atoms with Gasteiger partial charge >= 0.3 is 25.5 Å². The molecule has 0 spiro atoms. The van der Waals surface area contributed by atoms with Crippen LogP contribution >= 0.6 is 19.5 Å². The van der Waals surface area contributed by atoms with Crippen molar-refractivity contribution in [2.45, 2.75) is 109 Å². The molecule has 1 amide bonds. The topological polar surface area (TPSA) is 233 Å². The standard InChI is InChI=1S/C74H84N5O14PS/c1-51(2)63(77-69(83)93-70(3,4)5)65(80)92-64-61(91-66(72(64,8)84)79-45-44-62(76-68(79)82)78-73(53-28-18-12-19-29-53,54-36-40-59(86-9)41-37-54)55-38-42-60(87-10)43-39-55)49-90-94(85,75-48-52-26-16-11-17-27-52)89-46-47-95-67(81)71(6,7)50-88-74(56-30-20-13-21-31-56,57-32-22-14-23-33-57)58-34-24-15-25-35-58/h11-45,51,61,63-64,66,84H,46-50H2,1-10H3,(H,75,85)(H,77,83)(H,76,78,82)/t61-,63?,64-,66?,72-,94?/m1/s1. The number of rotatable bonds is 29. The molecule has 4 N–H and O–H groups in total. The Hall–Kier alpha value is -8.43. The highest BCUT2D eigenvalue weighted by Crippen LogP contribution is 2.49. The van der Waals surface area contributed by atoms with Crippen molar-refractivity contribution in [3.8, 4) is 11.5 Å². The summed E-state index contributed by atoms with van der Waals surface area (Å²) in [6, 6.07) is 63.6. The quantitative estimate of drug-likeness (QED) is 0.0148. The number of benzene rings is 7. The van der Waals surface area contributed by atoms with E-state index in [4.69, 9.17) is 37.5 Å². The van der Waals surface area contributed by atoms with Crippen molar-refractivity contribution in [2.24, 2.45) is 11.3 Å². The fourth-order valence-corrected chi connectivity index (χ4v) is 13.6. The van der Waals surface area contributed by atoms with Crippen LogP contribution in [0, 0.1) is 11.3 Å². The van der Waals surface area contributed by atoms with Gasteiger partial charge in [-0.05, 0) is 117 Å². The summed E-state index contributed by atoms with van der Waals surface area (Å²) in [6.45, 7) is 12.5. The number of ether oxygens (including phenoxy) is 6. The summed E-state index contributed by atoms with van der Waals surface area (Å²) in [7, 11) is -1.28. The molecule has 0 radical (unpaired) electrons. The number of carbonyl (C=O) groups is 3. The number of hydrogen-bond acceptors (Lipinski definition) is 17. The summed E-state index contributed by atoms with van der Waals surface area (Å²) in [5, 5.41) is 21.7. The van der Waals surface area contributed by atoms with Gasteiger partial charge in [0.1, 0.15) is 51.8 Å². The number of nitrogens with zero attached hydrogens (tertiary/aromatic N) is 2. The van der Waals surface area contributed by atoms with Gasteiger partial charge in [0.2, 0.25) is 0 Å². The third-order valence-electron chi connectivity index (χ3n) is 16.3. The van der Waals surface area contributed by atoms with E-state index in [1.54, 1.807) is 54.9 Å². The Morgan fingerprint density at radius 1 is 0.684 bits per heavy atom. The zero-order chi connectivity index (χ0) is 68.0. The summed E-state index contributed by atoms with van der Waals surface area (Å²) in [5.74, 6) is -0.128. The highest BCUT2D eigenvalue weighted by Gasteiger charge is 2.58. The number of methoxy groups -OCH3 is 2. The Kier molecular flexibility index (Phi) is 23.1. The molecule has 0 saturated carbocycles. The number of hydrogen-bond donors (Lipinski definition) is 4. The lowest BCUT2D eigenvalue weighted by molar-refractivity contribution is -0.167. The summed E-state index contributed by atoms with van der Waals surface area (Å²) >= 11 is 0.986. The lowest BCUT2D eigenvalue weighted by Gasteiger charge is -2.38. The monoisotopic (exact) mass is 1330 g/mol. The Balaban J connectivity index is 0.990. The van der Waals surface area contributed by atoms with Gasteiger partial charge in [0.05, 0.1) is 39.5 Å². The van der Waals surface area contributed by atoms with Crippen LogP contribution in [0.25, 0.3) is 0 Å². The van der Waals surface area contributed by atoms with Crippen molar-refractivity contribution < 1.29 is 61.5 Å². The summed E-state index contributed by atoms with van der Waals surface area (Å²) < 4.78 is 65.1. The van der Waals surface area contributed by atoms with Crippen molar-refractivity contribution in [3.63, 3.8) is 0 Å². The van der Waals surface area contributed by atoms with Crippen molar-refractivity contribution in [2.75, 3.05) is 45.1 Å². The van der Waals surface area contributed by atoms with Crippen LogP contribution in [-0.4, -0.2) is 101 Å². The number of aromatic nitrogens is 2. The second kappa shape index (κ2) is 31.0. The number of aliphatic hydroxyl groups is 1. The highest BCUT2D eigenvalue weighted by atomic mass is 32.2. The normalized spacial score (nSPS) is 17.7. The molecule has 0 aliphatic carbocycles. The number of anilines is 1. The first kappa shape index (κ1) is 70.9. The van der Waals surface area contributed by atoms with Crippen LogP contribution in [0.4, 0.5) is 10.6 Å². The van der Waals surface area contributed by atoms with E-state index >= 15 is 4.57 Å². The van der Waals surface area contributed by atoms with Gasteiger partial charge in [-0.1, -0.05) is 202 Å². The lowest BCUT2D eigenvalue weighted by Crippen LogP contribution is -2.53. The lowest BCUT2D eigenvalue weighted by atomic mass is 9.77. The fourth-order valence-electron chi connectivity index (χ4n) is 11.3. The molecule has 1 aliphatic heterocycles. The van der Waals surface area contributed by atoms with Gasteiger partial charge in [0, 0.05) is 18.5 Å². The van der Waals surface area contributed by atoms with Crippen LogP contribution in [0.15, 0.2) is 217 Å². The van der Waals surface area contributed by atoms with Gasteiger partial charge in [-0.3, -0.25) is 18.4 Å². The Morgan fingerprint density at radius 2 is 1.17 bits per heavy atom.